The number of benzene rings is 2. The van der Waals surface area contributed by atoms with Crippen molar-refractivity contribution in [3.05, 3.63) is 59.7 Å². The zero-order valence-corrected chi connectivity index (χ0v) is 18.5. The van der Waals surface area contributed by atoms with Gasteiger partial charge in [0.15, 0.2) is 18.1 Å². The highest BCUT2D eigenvalue weighted by atomic mass is 16.5. The SMILES string of the molecule is COc1ccccc1OCC(=O)N(C)CC(=O)N1CCN(Cc2cccc(C)c2)CC1. The van der Waals surface area contributed by atoms with Crippen LogP contribution in [0.4, 0.5) is 0 Å². The fraction of sp³-hybridized carbons (Fsp3) is 0.417. The molecule has 0 radical (unpaired) electrons. The minimum atomic E-state index is -0.252. The Morgan fingerprint density at radius 1 is 1.00 bits per heavy atom. The molecule has 1 fully saturated rings. The van der Waals surface area contributed by atoms with Crippen LogP contribution in [0.25, 0.3) is 0 Å². The summed E-state index contributed by atoms with van der Waals surface area (Å²) in [7, 11) is 3.18. The molecule has 2 aromatic carbocycles. The molecule has 0 aromatic heterocycles. The summed E-state index contributed by atoms with van der Waals surface area (Å²) < 4.78 is 10.8. The van der Waals surface area contributed by atoms with Crippen molar-refractivity contribution in [3.8, 4) is 11.5 Å². The molecule has 7 nitrogen and oxygen atoms in total. The number of carbonyl (C=O) groups is 2. The number of ether oxygens (including phenoxy) is 2. The van der Waals surface area contributed by atoms with E-state index in [4.69, 9.17) is 9.47 Å². The second-order valence-electron chi connectivity index (χ2n) is 7.84. The van der Waals surface area contributed by atoms with Crippen molar-refractivity contribution in [2.24, 2.45) is 0 Å². The molecule has 31 heavy (non-hydrogen) atoms. The van der Waals surface area contributed by atoms with Crippen molar-refractivity contribution in [3.63, 3.8) is 0 Å². The van der Waals surface area contributed by atoms with Gasteiger partial charge >= 0.3 is 0 Å². The Morgan fingerprint density at radius 3 is 2.39 bits per heavy atom. The van der Waals surface area contributed by atoms with E-state index in [1.807, 2.05) is 17.0 Å². The average molecular weight is 426 g/mol. The maximum absolute atomic E-state index is 12.6. The Hall–Kier alpha value is -3.06. The van der Waals surface area contributed by atoms with Crippen LogP contribution in [0.5, 0.6) is 11.5 Å². The third-order valence-electron chi connectivity index (χ3n) is 5.43. The van der Waals surface area contributed by atoms with Crippen molar-refractivity contribution in [2.75, 3.05) is 53.5 Å². The largest absolute Gasteiger partial charge is 0.493 e. The smallest absolute Gasteiger partial charge is 0.260 e. The van der Waals surface area contributed by atoms with Crippen LogP contribution < -0.4 is 9.47 Å². The van der Waals surface area contributed by atoms with Crippen molar-refractivity contribution in [1.82, 2.24) is 14.7 Å². The predicted octanol–water partition coefficient (Wildman–Crippen LogP) is 2.19. The molecule has 3 rings (SSSR count). The lowest BCUT2D eigenvalue weighted by molar-refractivity contribution is -0.141. The van der Waals surface area contributed by atoms with E-state index in [-0.39, 0.29) is 25.0 Å². The third kappa shape index (κ3) is 6.46. The van der Waals surface area contributed by atoms with Gasteiger partial charge in [-0.25, -0.2) is 0 Å². The molecule has 1 aliphatic rings. The minimum Gasteiger partial charge on any atom is -0.493 e. The average Bonchev–Trinajstić information content (AvgIpc) is 2.78. The first-order chi connectivity index (χ1) is 15.0. The van der Waals surface area contributed by atoms with Crippen LogP contribution in [0.2, 0.25) is 0 Å². The van der Waals surface area contributed by atoms with Gasteiger partial charge in [-0.1, -0.05) is 42.0 Å². The number of rotatable bonds is 8. The first-order valence-electron chi connectivity index (χ1n) is 10.5. The van der Waals surface area contributed by atoms with Gasteiger partial charge in [-0.05, 0) is 24.6 Å². The third-order valence-corrected chi connectivity index (χ3v) is 5.43. The molecule has 0 spiro atoms. The lowest BCUT2D eigenvalue weighted by Gasteiger charge is -2.35. The summed E-state index contributed by atoms with van der Waals surface area (Å²) in [5.74, 6) is 0.779. The second-order valence-corrected chi connectivity index (χ2v) is 7.84. The summed E-state index contributed by atoms with van der Waals surface area (Å²) >= 11 is 0. The van der Waals surface area contributed by atoms with Gasteiger partial charge in [0, 0.05) is 39.8 Å². The molecule has 1 saturated heterocycles. The number of carbonyl (C=O) groups excluding carboxylic acids is 2. The molecule has 0 aliphatic carbocycles. The zero-order valence-electron chi connectivity index (χ0n) is 18.5. The summed E-state index contributed by atoms with van der Waals surface area (Å²) in [4.78, 5) is 30.6. The topological polar surface area (TPSA) is 62.3 Å². The van der Waals surface area contributed by atoms with E-state index in [0.717, 1.165) is 19.6 Å². The number of hydrogen-bond acceptors (Lipinski definition) is 5. The van der Waals surface area contributed by atoms with Gasteiger partial charge in [0.1, 0.15) is 0 Å². The lowest BCUT2D eigenvalue weighted by atomic mass is 10.1. The first kappa shape index (κ1) is 22.6. The quantitative estimate of drug-likeness (QED) is 0.649. The molecule has 0 bridgehead atoms. The molecular weight excluding hydrogens is 394 g/mol. The monoisotopic (exact) mass is 425 g/mol. The maximum Gasteiger partial charge on any atom is 0.260 e. The fourth-order valence-electron chi connectivity index (χ4n) is 3.60. The molecule has 166 valence electrons. The van der Waals surface area contributed by atoms with Gasteiger partial charge < -0.3 is 19.3 Å². The summed E-state index contributed by atoms with van der Waals surface area (Å²) in [5.41, 5.74) is 2.55. The minimum absolute atomic E-state index is 0.0386. The normalized spacial score (nSPS) is 14.2. The summed E-state index contributed by atoms with van der Waals surface area (Å²) in [6, 6.07) is 15.7. The highest BCUT2D eigenvalue weighted by Crippen LogP contribution is 2.25. The van der Waals surface area contributed by atoms with Gasteiger partial charge in [-0.3, -0.25) is 14.5 Å². The van der Waals surface area contributed by atoms with E-state index in [1.165, 1.54) is 16.0 Å². The van der Waals surface area contributed by atoms with Gasteiger partial charge in [-0.15, -0.1) is 0 Å². The maximum atomic E-state index is 12.6. The summed E-state index contributed by atoms with van der Waals surface area (Å²) in [5, 5.41) is 0. The number of nitrogens with zero attached hydrogens (tertiary/aromatic N) is 3. The number of likely N-dealkylation sites (N-methyl/N-ethyl adjacent to an activating group) is 1. The van der Waals surface area contributed by atoms with Crippen molar-refractivity contribution < 1.29 is 19.1 Å². The highest BCUT2D eigenvalue weighted by Gasteiger charge is 2.23. The molecule has 0 N–H and O–H groups in total. The molecular formula is C24H31N3O4. The Bertz CT molecular complexity index is 894. The number of aryl methyl sites for hydroxylation is 1. The fourth-order valence-corrected chi connectivity index (χ4v) is 3.60. The predicted molar refractivity (Wildman–Crippen MR) is 119 cm³/mol. The Balaban J connectivity index is 1.42. The zero-order chi connectivity index (χ0) is 22.2. The van der Waals surface area contributed by atoms with Crippen LogP contribution in [-0.2, 0) is 16.1 Å². The highest BCUT2D eigenvalue weighted by molar-refractivity contribution is 5.85. The van der Waals surface area contributed by atoms with Crippen LogP contribution in [0.3, 0.4) is 0 Å². The van der Waals surface area contributed by atoms with E-state index in [2.05, 4.69) is 36.1 Å². The van der Waals surface area contributed by atoms with E-state index < -0.39 is 0 Å². The molecule has 1 heterocycles. The van der Waals surface area contributed by atoms with Crippen LogP contribution >= 0.6 is 0 Å². The number of piperazine rings is 1. The van der Waals surface area contributed by atoms with Gasteiger partial charge in [-0.2, -0.15) is 0 Å². The van der Waals surface area contributed by atoms with Crippen molar-refractivity contribution in [1.29, 1.82) is 0 Å². The standard InChI is InChI=1S/C24H31N3O4/c1-19-7-6-8-20(15-19)16-26-11-13-27(14-12-26)23(28)17-25(2)24(29)18-31-22-10-5-4-9-21(22)30-3/h4-10,15H,11-14,16-18H2,1-3H3. The molecule has 0 saturated carbocycles. The van der Waals surface area contributed by atoms with Gasteiger partial charge in [0.25, 0.3) is 5.91 Å². The van der Waals surface area contributed by atoms with Gasteiger partial charge in [0.2, 0.25) is 5.91 Å². The molecule has 2 aromatic rings. The van der Waals surface area contributed by atoms with Crippen LogP contribution in [0, 0.1) is 6.92 Å². The second kappa shape index (κ2) is 10.8. The summed E-state index contributed by atoms with van der Waals surface area (Å²) in [6.45, 7) is 5.89. The van der Waals surface area contributed by atoms with Crippen molar-refractivity contribution in [2.45, 2.75) is 13.5 Å². The first-order valence-corrected chi connectivity index (χ1v) is 10.5. The summed E-state index contributed by atoms with van der Waals surface area (Å²) in [6.07, 6.45) is 0. The van der Waals surface area contributed by atoms with E-state index in [1.54, 1.807) is 26.3 Å². The van der Waals surface area contributed by atoms with E-state index in [0.29, 0.717) is 24.6 Å². The van der Waals surface area contributed by atoms with Gasteiger partial charge in [0.05, 0.1) is 13.7 Å². The Kier molecular flexibility index (Phi) is 7.89. The number of hydrogen-bond donors (Lipinski definition) is 0. The molecule has 0 unspecified atom stereocenters. The molecule has 1 aliphatic heterocycles. The Labute approximate surface area is 184 Å². The number of methoxy groups -OCH3 is 1. The molecule has 7 heteroatoms. The molecule has 2 amide bonds. The van der Waals surface area contributed by atoms with Crippen LogP contribution in [0.15, 0.2) is 48.5 Å². The Morgan fingerprint density at radius 2 is 1.71 bits per heavy atom. The lowest BCUT2D eigenvalue weighted by Crippen LogP contribution is -2.51. The molecule has 0 atom stereocenters. The van der Waals surface area contributed by atoms with Crippen LogP contribution in [-0.4, -0.2) is 80.0 Å². The van der Waals surface area contributed by atoms with E-state index >= 15 is 0 Å². The number of amides is 2. The number of para-hydroxylation sites is 2. The van der Waals surface area contributed by atoms with Crippen molar-refractivity contribution >= 4 is 11.8 Å². The van der Waals surface area contributed by atoms with E-state index in [9.17, 15) is 9.59 Å². The van der Waals surface area contributed by atoms with Crippen LogP contribution in [0.1, 0.15) is 11.1 Å².